The molecule has 1 heterocycles. The van der Waals surface area contributed by atoms with Crippen molar-refractivity contribution < 1.29 is 21.8 Å². The van der Waals surface area contributed by atoms with Gasteiger partial charge in [-0.15, -0.1) is 0 Å². The van der Waals surface area contributed by atoms with E-state index in [1.165, 1.54) is 0 Å². The maximum absolute atomic E-state index is 12.1. The molecule has 3 rings (SSSR count). The maximum Gasteiger partial charge on any atom is 0.290 e. The lowest BCUT2D eigenvalue weighted by atomic mass is 10.1. The third-order valence-corrected chi connectivity index (χ3v) is 3.35. The van der Waals surface area contributed by atoms with E-state index in [-0.39, 0.29) is 24.9 Å². The van der Waals surface area contributed by atoms with Gasteiger partial charge in [0.1, 0.15) is 0 Å². The van der Waals surface area contributed by atoms with E-state index in [1.54, 1.807) is 0 Å². The summed E-state index contributed by atoms with van der Waals surface area (Å²) < 4.78 is 1.89. The number of hydrogen-bond donors (Lipinski definition) is 1. The van der Waals surface area contributed by atoms with Crippen molar-refractivity contribution in [2.45, 2.75) is 6.54 Å². The predicted molar refractivity (Wildman–Crippen MR) is 87.1 cm³/mol. The molecule has 4 heteroatoms. The Balaban J connectivity index is 0.00000192. The SMILES string of the molecule is O=C(C[n+]1cccc(-c2ccccc2)c1)Nc1ccccc1.[Cl-]. The number of para-hydroxylation sites is 1. The van der Waals surface area contributed by atoms with Gasteiger partial charge in [0, 0.05) is 17.3 Å². The molecule has 116 valence electrons. The summed E-state index contributed by atoms with van der Waals surface area (Å²) in [6.45, 7) is 0.287. The van der Waals surface area contributed by atoms with Crippen LogP contribution in [0.1, 0.15) is 0 Å². The molecular weight excluding hydrogens is 308 g/mol. The fourth-order valence-electron chi connectivity index (χ4n) is 2.31. The molecular formula is C19H17ClN2O. The molecule has 0 atom stereocenters. The fourth-order valence-corrected chi connectivity index (χ4v) is 2.31. The van der Waals surface area contributed by atoms with Crippen molar-refractivity contribution >= 4 is 11.6 Å². The second-order valence-electron chi connectivity index (χ2n) is 5.05. The van der Waals surface area contributed by atoms with Crippen molar-refractivity contribution in [1.29, 1.82) is 0 Å². The Bertz CT molecular complexity index is 761. The minimum atomic E-state index is -0.0404. The van der Waals surface area contributed by atoms with Gasteiger partial charge >= 0.3 is 0 Å². The minimum absolute atomic E-state index is 0. The van der Waals surface area contributed by atoms with Crippen LogP contribution in [-0.4, -0.2) is 5.91 Å². The van der Waals surface area contributed by atoms with Crippen molar-refractivity contribution in [2.75, 3.05) is 5.32 Å². The highest BCUT2D eigenvalue weighted by Crippen LogP contribution is 2.16. The number of nitrogens with one attached hydrogen (secondary N) is 1. The molecule has 0 aliphatic carbocycles. The quantitative estimate of drug-likeness (QED) is 0.687. The molecule has 1 aromatic heterocycles. The highest BCUT2D eigenvalue weighted by molar-refractivity contribution is 5.89. The zero-order valence-electron chi connectivity index (χ0n) is 12.5. The number of anilines is 1. The average molecular weight is 325 g/mol. The largest absolute Gasteiger partial charge is 1.00 e. The Morgan fingerprint density at radius 2 is 1.43 bits per heavy atom. The summed E-state index contributed by atoms with van der Waals surface area (Å²) >= 11 is 0. The molecule has 1 amide bonds. The first kappa shape index (κ1) is 16.7. The van der Waals surface area contributed by atoms with E-state index in [4.69, 9.17) is 0 Å². The van der Waals surface area contributed by atoms with E-state index in [1.807, 2.05) is 77.6 Å². The number of pyridine rings is 1. The van der Waals surface area contributed by atoms with Crippen molar-refractivity contribution in [1.82, 2.24) is 0 Å². The number of halogens is 1. The Labute approximate surface area is 142 Å². The lowest BCUT2D eigenvalue weighted by Gasteiger charge is -2.04. The molecule has 0 aliphatic heterocycles. The first-order valence-electron chi connectivity index (χ1n) is 7.21. The smallest absolute Gasteiger partial charge is 0.290 e. The Morgan fingerprint density at radius 1 is 0.826 bits per heavy atom. The van der Waals surface area contributed by atoms with Crippen LogP contribution < -0.4 is 22.3 Å². The number of carbonyl (C=O) groups is 1. The van der Waals surface area contributed by atoms with E-state index < -0.39 is 0 Å². The van der Waals surface area contributed by atoms with E-state index in [9.17, 15) is 4.79 Å². The van der Waals surface area contributed by atoms with Crippen molar-refractivity contribution in [3.05, 3.63) is 85.2 Å². The van der Waals surface area contributed by atoms with Gasteiger partial charge in [-0.25, -0.2) is 0 Å². The van der Waals surface area contributed by atoms with E-state index >= 15 is 0 Å². The minimum Gasteiger partial charge on any atom is -1.00 e. The average Bonchev–Trinajstić information content (AvgIpc) is 2.57. The van der Waals surface area contributed by atoms with Gasteiger partial charge in [0.25, 0.3) is 5.91 Å². The number of rotatable bonds is 4. The van der Waals surface area contributed by atoms with Gasteiger partial charge in [-0.3, -0.25) is 4.79 Å². The van der Waals surface area contributed by atoms with E-state index in [2.05, 4.69) is 17.4 Å². The second-order valence-corrected chi connectivity index (χ2v) is 5.05. The number of carbonyl (C=O) groups excluding carboxylic acids is 1. The Hall–Kier alpha value is -2.65. The first-order valence-corrected chi connectivity index (χ1v) is 7.21. The molecule has 1 N–H and O–H groups in total. The van der Waals surface area contributed by atoms with Crippen LogP contribution in [-0.2, 0) is 11.3 Å². The summed E-state index contributed by atoms with van der Waals surface area (Å²) in [4.78, 5) is 12.1. The highest BCUT2D eigenvalue weighted by atomic mass is 35.5. The first-order chi connectivity index (χ1) is 10.8. The summed E-state index contributed by atoms with van der Waals surface area (Å²) in [7, 11) is 0. The summed E-state index contributed by atoms with van der Waals surface area (Å²) in [5.41, 5.74) is 3.04. The zero-order valence-corrected chi connectivity index (χ0v) is 13.3. The van der Waals surface area contributed by atoms with Gasteiger partial charge < -0.3 is 17.7 Å². The standard InChI is InChI=1S/C19H16N2O.ClH/c22-19(20-18-11-5-2-6-12-18)15-21-13-7-10-17(14-21)16-8-3-1-4-9-16;/h1-14H,15H2;1H. The van der Waals surface area contributed by atoms with Crippen LogP contribution in [0.4, 0.5) is 5.69 Å². The molecule has 0 bridgehead atoms. The second kappa shape index (κ2) is 8.11. The molecule has 0 saturated heterocycles. The molecule has 0 aliphatic rings. The van der Waals surface area contributed by atoms with Gasteiger partial charge in [0.15, 0.2) is 12.4 Å². The van der Waals surface area contributed by atoms with Crippen LogP contribution in [0.5, 0.6) is 0 Å². The lowest BCUT2D eigenvalue weighted by molar-refractivity contribution is -0.683. The van der Waals surface area contributed by atoms with Crippen molar-refractivity contribution in [2.24, 2.45) is 0 Å². The molecule has 3 nitrogen and oxygen atoms in total. The van der Waals surface area contributed by atoms with Crippen LogP contribution in [0.15, 0.2) is 85.2 Å². The monoisotopic (exact) mass is 324 g/mol. The summed E-state index contributed by atoms with van der Waals surface area (Å²) in [6, 6.07) is 23.6. The summed E-state index contributed by atoms with van der Waals surface area (Å²) in [5.74, 6) is -0.0404. The predicted octanol–water partition coefficient (Wildman–Crippen LogP) is 0.284. The third-order valence-electron chi connectivity index (χ3n) is 3.35. The van der Waals surface area contributed by atoms with E-state index in [0.717, 1.165) is 16.8 Å². The molecule has 23 heavy (non-hydrogen) atoms. The summed E-state index contributed by atoms with van der Waals surface area (Å²) in [6.07, 6.45) is 3.89. The highest BCUT2D eigenvalue weighted by Gasteiger charge is 2.10. The van der Waals surface area contributed by atoms with Crippen molar-refractivity contribution in [3.63, 3.8) is 0 Å². The molecule has 0 fully saturated rings. The van der Waals surface area contributed by atoms with Gasteiger partial charge in [0.2, 0.25) is 6.54 Å². The Kier molecular flexibility index (Phi) is 5.89. The normalized spacial score (nSPS) is 9.74. The maximum atomic E-state index is 12.1. The molecule has 0 spiro atoms. The fraction of sp³-hybridized carbons (Fsp3) is 0.0526. The lowest BCUT2D eigenvalue weighted by Crippen LogP contribution is -3.00. The van der Waals surface area contributed by atoms with Crippen LogP contribution in [0.25, 0.3) is 11.1 Å². The molecule has 0 unspecified atom stereocenters. The van der Waals surface area contributed by atoms with Crippen LogP contribution in [0.3, 0.4) is 0 Å². The molecule has 0 saturated carbocycles. The van der Waals surface area contributed by atoms with Crippen molar-refractivity contribution in [3.8, 4) is 11.1 Å². The van der Waals surface area contributed by atoms with Gasteiger partial charge in [-0.2, -0.15) is 4.57 Å². The van der Waals surface area contributed by atoms with E-state index in [0.29, 0.717) is 0 Å². The van der Waals surface area contributed by atoms with Crippen LogP contribution >= 0.6 is 0 Å². The number of nitrogens with zero attached hydrogens (tertiary/aromatic N) is 1. The van der Waals surface area contributed by atoms with Gasteiger partial charge in [-0.05, 0) is 23.8 Å². The Morgan fingerprint density at radius 3 is 2.13 bits per heavy atom. The summed E-state index contributed by atoms with van der Waals surface area (Å²) in [5, 5.41) is 2.89. The number of amides is 1. The number of aromatic nitrogens is 1. The van der Waals surface area contributed by atoms with Gasteiger partial charge in [-0.1, -0.05) is 48.5 Å². The topological polar surface area (TPSA) is 33.0 Å². The van der Waals surface area contributed by atoms with Crippen LogP contribution in [0.2, 0.25) is 0 Å². The van der Waals surface area contributed by atoms with Crippen LogP contribution in [0, 0.1) is 0 Å². The molecule has 3 aromatic rings. The molecule has 2 aromatic carbocycles. The van der Waals surface area contributed by atoms with Gasteiger partial charge in [0.05, 0.1) is 0 Å². The number of benzene rings is 2. The zero-order chi connectivity index (χ0) is 15.2. The third kappa shape index (κ3) is 4.66. The molecule has 0 radical (unpaired) electrons. The number of hydrogen-bond acceptors (Lipinski definition) is 1.